The van der Waals surface area contributed by atoms with E-state index in [0.29, 0.717) is 27.8 Å². The number of carbonyl (C=O) groups is 3. The molecule has 1 aliphatic rings. The van der Waals surface area contributed by atoms with Crippen LogP contribution in [0.25, 0.3) is 0 Å². The lowest BCUT2D eigenvalue weighted by Gasteiger charge is -2.32. The van der Waals surface area contributed by atoms with Crippen LogP contribution in [0.4, 0.5) is 13.6 Å². The van der Waals surface area contributed by atoms with Crippen molar-refractivity contribution in [1.82, 2.24) is 14.5 Å². The maximum Gasteiger partial charge on any atom is 0.414 e. The van der Waals surface area contributed by atoms with Gasteiger partial charge in [0.2, 0.25) is 0 Å². The van der Waals surface area contributed by atoms with Gasteiger partial charge in [0, 0.05) is 31.8 Å². The Hall–Kier alpha value is -3.23. The standard InChI is InChI=1S/C27H33F2N3O7S2/c1-16(2)38-25(34)22(13-17-7-9-18(10-8-17)39-26(35)31(5)6)32(24(33)23-30-27(3,4)15-40-23)41(36,37)19-11-12-20(28)21(29)14-19/h7-12,14,16,22-23,30H,13,15H2,1-6H3/t22-,23-/m0/s1. The van der Waals surface area contributed by atoms with Gasteiger partial charge in [-0.1, -0.05) is 12.1 Å². The maximum absolute atomic E-state index is 14.1. The summed E-state index contributed by atoms with van der Waals surface area (Å²) in [6.07, 6.45) is -1.59. The van der Waals surface area contributed by atoms with Gasteiger partial charge in [0.25, 0.3) is 15.9 Å². The molecule has 2 aromatic carbocycles. The van der Waals surface area contributed by atoms with Crippen LogP contribution in [0.2, 0.25) is 0 Å². The van der Waals surface area contributed by atoms with Gasteiger partial charge in [0.1, 0.15) is 17.2 Å². The van der Waals surface area contributed by atoms with Gasteiger partial charge < -0.3 is 14.4 Å². The molecule has 2 atom stereocenters. The molecule has 0 aromatic heterocycles. The molecular weight excluding hydrogens is 580 g/mol. The van der Waals surface area contributed by atoms with Gasteiger partial charge >= 0.3 is 12.1 Å². The van der Waals surface area contributed by atoms with Crippen molar-refractivity contribution in [2.45, 2.75) is 62.1 Å². The summed E-state index contributed by atoms with van der Waals surface area (Å²) in [7, 11) is -1.87. The van der Waals surface area contributed by atoms with Crippen LogP contribution in [0.3, 0.4) is 0 Å². The number of thioether (sulfide) groups is 1. The Morgan fingerprint density at radius 2 is 1.71 bits per heavy atom. The SMILES string of the molecule is CC(C)OC(=O)[C@H](Cc1ccc(OC(=O)N(C)C)cc1)N(C(=O)[C@H]1NC(C)(C)CS1)S(=O)(=O)c1ccc(F)c(F)c1. The van der Waals surface area contributed by atoms with Crippen molar-refractivity contribution < 1.29 is 41.1 Å². The fraction of sp³-hybridized carbons (Fsp3) is 0.444. The second-order valence-electron chi connectivity index (χ2n) is 10.5. The zero-order valence-electron chi connectivity index (χ0n) is 23.5. The molecular formula is C27H33F2N3O7S2. The number of benzene rings is 2. The number of sulfonamides is 1. The van der Waals surface area contributed by atoms with E-state index in [0.717, 1.165) is 17.8 Å². The average molecular weight is 614 g/mol. The largest absolute Gasteiger partial charge is 0.461 e. The smallest absolute Gasteiger partial charge is 0.414 e. The number of carbonyl (C=O) groups excluding carboxylic acids is 3. The van der Waals surface area contributed by atoms with Crippen LogP contribution in [-0.2, 0) is 30.8 Å². The Kier molecular flexibility index (Phi) is 10.0. The molecule has 10 nitrogen and oxygen atoms in total. The van der Waals surface area contributed by atoms with Crippen molar-refractivity contribution >= 4 is 39.8 Å². The molecule has 0 bridgehead atoms. The minimum Gasteiger partial charge on any atom is -0.461 e. The molecule has 14 heteroatoms. The highest BCUT2D eigenvalue weighted by molar-refractivity contribution is 8.01. The van der Waals surface area contributed by atoms with Gasteiger partial charge in [0.15, 0.2) is 11.6 Å². The number of nitrogens with zero attached hydrogens (tertiary/aromatic N) is 2. The summed E-state index contributed by atoms with van der Waals surface area (Å²) in [4.78, 5) is 39.7. The second kappa shape index (κ2) is 12.7. The molecule has 0 spiro atoms. The van der Waals surface area contributed by atoms with E-state index in [2.05, 4.69) is 5.32 Å². The summed E-state index contributed by atoms with van der Waals surface area (Å²) < 4.78 is 66.6. The Labute approximate surface area is 242 Å². The van der Waals surface area contributed by atoms with Gasteiger partial charge in [-0.25, -0.2) is 31.1 Å². The van der Waals surface area contributed by atoms with Crippen LogP contribution in [0, 0.1) is 11.6 Å². The van der Waals surface area contributed by atoms with E-state index < -0.39 is 67.6 Å². The zero-order valence-corrected chi connectivity index (χ0v) is 25.1. The van der Waals surface area contributed by atoms with Crippen molar-refractivity contribution in [3.8, 4) is 5.75 Å². The molecule has 1 fully saturated rings. The van der Waals surface area contributed by atoms with Crippen LogP contribution in [0.5, 0.6) is 5.75 Å². The van der Waals surface area contributed by atoms with E-state index in [1.165, 1.54) is 43.3 Å². The van der Waals surface area contributed by atoms with Crippen molar-refractivity contribution in [3.63, 3.8) is 0 Å². The van der Waals surface area contributed by atoms with Crippen LogP contribution < -0.4 is 10.1 Å². The van der Waals surface area contributed by atoms with E-state index in [-0.39, 0.29) is 12.2 Å². The van der Waals surface area contributed by atoms with E-state index in [1.807, 2.05) is 13.8 Å². The summed E-state index contributed by atoms with van der Waals surface area (Å²) in [5.74, 6) is -4.02. The number of rotatable bonds is 9. The minimum atomic E-state index is -4.90. The molecule has 0 saturated carbocycles. The normalized spacial score (nSPS) is 17.1. The summed E-state index contributed by atoms with van der Waals surface area (Å²) in [6.45, 7) is 6.79. The molecule has 2 amide bonds. The summed E-state index contributed by atoms with van der Waals surface area (Å²) in [6, 6.07) is 6.13. The molecule has 3 rings (SSSR count). The predicted molar refractivity (Wildman–Crippen MR) is 149 cm³/mol. The third-order valence-corrected chi connectivity index (χ3v) is 9.19. The first-order chi connectivity index (χ1) is 19.0. The average Bonchev–Trinajstić information content (AvgIpc) is 3.25. The maximum atomic E-state index is 14.1. The lowest BCUT2D eigenvalue weighted by Crippen LogP contribution is -2.56. The van der Waals surface area contributed by atoms with Gasteiger partial charge in [-0.15, -0.1) is 11.8 Å². The third-order valence-electron chi connectivity index (χ3n) is 5.85. The number of ether oxygens (including phenoxy) is 2. The topological polar surface area (TPSA) is 122 Å². The van der Waals surface area contributed by atoms with Gasteiger partial charge in [0.05, 0.1) is 11.0 Å². The highest BCUT2D eigenvalue weighted by Gasteiger charge is 2.46. The Morgan fingerprint density at radius 3 is 2.22 bits per heavy atom. The van der Waals surface area contributed by atoms with E-state index in [4.69, 9.17) is 9.47 Å². The summed E-state index contributed by atoms with van der Waals surface area (Å²) >= 11 is 1.16. The third kappa shape index (κ3) is 7.95. The first kappa shape index (κ1) is 32.3. The number of esters is 1. The summed E-state index contributed by atoms with van der Waals surface area (Å²) in [5.41, 5.74) is -0.109. The Morgan fingerprint density at radius 1 is 1.07 bits per heavy atom. The molecule has 1 heterocycles. The van der Waals surface area contributed by atoms with Crippen LogP contribution in [0.1, 0.15) is 33.3 Å². The molecule has 0 unspecified atom stereocenters. The lowest BCUT2D eigenvalue weighted by molar-refractivity contribution is -0.155. The number of halogens is 2. The van der Waals surface area contributed by atoms with E-state index in [9.17, 15) is 31.6 Å². The number of hydrogen-bond acceptors (Lipinski definition) is 9. The molecule has 1 aliphatic heterocycles. The molecule has 1 saturated heterocycles. The predicted octanol–water partition coefficient (Wildman–Crippen LogP) is 3.55. The second-order valence-corrected chi connectivity index (χ2v) is 13.5. The molecule has 0 aliphatic carbocycles. The van der Waals surface area contributed by atoms with Crippen molar-refractivity contribution in [2.24, 2.45) is 0 Å². The molecule has 0 radical (unpaired) electrons. The zero-order chi connectivity index (χ0) is 30.7. The molecule has 41 heavy (non-hydrogen) atoms. The lowest BCUT2D eigenvalue weighted by atomic mass is 10.1. The first-order valence-corrected chi connectivity index (χ1v) is 15.1. The van der Waals surface area contributed by atoms with Crippen molar-refractivity contribution in [3.05, 3.63) is 59.7 Å². The van der Waals surface area contributed by atoms with Crippen molar-refractivity contribution in [1.29, 1.82) is 0 Å². The van der Waals surface area contributed by atoms with Gasteiger partial charge in [-0.3, -0.25) is 10.1 Å². The number of hydrogen-bond donors (Lipinski definition) is 1. The highest BCUT2D eigenvalue weighted by atomic mass is 32.2. The monoisotopic (exact) mass is 613 g/mol. The van der Waals surface area contributed by atoms with E-state index >= 15 is 0 Å². The van der Waals surface area contributed by atoms with E-state index in [1.54, 1.807) is 13.8 Å². The van der Waals surface area contributed by atoms with Crippen LogP contribution in [-0.4, -0.2) is 78.5 Å². The first-order valence-electron chi connectivity index (χ1n) is 12.6. The van der Waals surface area contributed by atoms with Crippen LogP contribution in [0.15, 0.2) is 47.4 Å². The number of amides is 2. The fourth-order valence-electron chi connectivity index (χ4n) is 3.85. The van der Waals surface area contributed by atoms with Crippen molar-refractivity contribution in [2.75, 3.05) is 19.8 Å². The Bertz CT molecular complexity index is 1400. The van der Waals surface area contributed by atoms with Crippen LogP contribution >= 0.6 is 11.8 Å². The van der Waals surface area contributed by atoms with Gasteiger partial charge in [-0.05, 0) is 63.6 Å². The molecule has 2 aromatic rings. The fourth-order valence-corrected chi connectivity index (χ4v) is 6.80. The number of nitrogens with one attached hydrogen (secondary N) is 1. The highest BCUT2D eigenvalue weighted by Crippen LogP contribution is 2.31. The quantitative estimate of drug-likeness (QED) is 0.423. The Balaban J connectivity index is 2.09. The van der Waals surface area contributed by atoms with Gasteiger partial charge in [-0.2, -0.15) is 0 Å². The molecule has 1 N–H and O–H groups in total. The minimum absolute atomic E-state index is 0.199. The molecule has 224 valence electrons. The summed E-state index contributed by atoms with van der Waals surface area (Å²) in [5, 5.41) is 2.01.